The molecule has 0 radical (unpaired) electrons. The molecule has 2 heterocycles. The number of aryl methyl sites for hydroxylation is 1. The first-order valence-electron chi connectivity index (χ1n) is 12.0. The van der Waals surface area contributed by atoms with Crippen molar-refractivity contribution < 1.29 is 48.6 Å². The van der Waals surface area contributed by atoms with Crippen LogP contribution in [-0.2, 0) is 20.7 Å². The standard InChI is InChI=1S/C25H36O10/c1-4-31-18(27)8-7-15-12-16-9-11-33-22(16)24(32-10-5-6-14(2)3)23(15)35-25-21(30)20(29)19(28)17(13-26)34-25/h9,11-12,14,17,19-21,25-26,28-30H,4-8,10,13H2,1-3H3/t17-,19-,20+,21-,25+/m1/s1. The highest BCUT2D eigenvalue weighted by molar-refractivity contribution is 5.87. The first kappa shape index (κ1) is 27.2. The summed E-state index contributed by atoms with van der Waals surface area (Å²) in [5.74, 6) is 0.596. The maximum Gasteiger partial charge on any atom is 0.306 e. The largest absolute Gasteiger partial charge is 0.486 e. The van der Waals surface area contributed by atoms with Gasteiger partial charge in [0, 0.05) is 11.8 Å². The summed E-state index contributed by atoms with van der Waals surface area (Å²) < 4.78 is 28.4. The molecule has 1 aliphatic rings. The van der Waals surface area contributed by atoms with Crippen molar-refractivity contribution in [3.05, 3.63) is 24.0 Å². The maximum absolute atomic E-state index is 12.0. The van der Waals surface area contributed by atoms with Gasteiger partial charge in [-0.15, -0.1) is 0 Å². The summed E-state index contributed by atoms with van der Waals surface area (Å²) in [7, 11) is 0. The van der Waals surface area contributed by atoms with Gasteiger partial charge in [-0.3, -0.25) is 4.79 Å². The minimum absolute atomic E-state index is 0.0784. The zero-order valence-electron chi connectivity index (χ0n) is 20.4. The van der Waals surface area contributed by atoms with Gasteiger partial charge in [-0.1, -0.05) is 13.8 Å². The smallest absolute Gasteiger partial charge is 0.306 e. The zero-order valence-corrected chi connectivity index (χ0v) is 20.4. The molecule has 0 saturated carbocycles. The average molecular weight is 497 g/mol. The number of hydrogen-bond donors (Lipinski definition) is 4. The Hall–Kier alpha value is -2.37. The second-order valence-electron chi connectivity index (χ2n) is 9.04. The van der Waals surface area contributed by atoms with Crippen LogP contribution in [0.4, 0.5) is 0 Å². The van der Waals surface area contributed by atoms with Crippen LogP contribution in [0.25, 0.3) is 11.0 Å². The minimum atomic E-state index is -1.60. The molecule has 0 spiro atoms. The zero-order chi connectivity index (χ0) is 25.5. The van der Waals surface area contributed by atoms with Gasteiger partial charge >= 0.3 is 5.97 Å². The van der Waals surface area contributed by atoms with E-state index in [0.29, 0.717) is 23.7 Å². The van der Waals surface area contributed by atoms with Gasteiger partial charge in [0.1, 0.15) is 24.4 Å². The molecule has 1 aromatic carbocycles. The molecule has 0 amide bonds. The van der Waals surface area contributed by atoms with E-state index >= 15 is 0 Å². The third-order valence-electron chi connectivity index (χ3n) is 5.89. The van der Waals surface area contributed by atoms with Crippen molar-refractivity contribution in [2.24, 2.45) is 5.92 Å². The predicted molar refractivity (Wildman–Crippen MR) is 125 cm³/mol. The first-order chi connectivity index (χ1) is 16.8. The van der Waals surface area contributed by atoms with Gasteiger partial charge in [-0.05, 0) is 49.8 Å². The number of esters is 1. The minimum Gasteiger partial charge on any atom is -0.486 e. The molecule has 1 saturated heterocycles. The lowest BCUT2D eigenvalue weighted by Gasteiger charge is -2.39. The summed E-state index contributed by atoms with van der Waals surface area (Å²) in [6.07, 6.45) is -3.70. The van der Waals surface area contributed by atoms with E-state index in [9.17, 15) is 25.2 Å². The van der Waals surface area contributed by atoms with Gasteiger partial charge in [0.15, 0.2) is 11.3 Å². The summed E-state index contributed by atoms with van der Waals surface area (Å²) in [5.41, 5.74) is 1.01. The molecule has 1 aliphatic heterocycles. The van der Waals surface area contributed by atoms with E-state index in [2.05, 4.69) is 13.8 Å². The Morgan fingerprint density at radius 1 is 1.14 bits per heavy atom. The predicted octanol–water partition coefficient (Wildman–Crippen LogP) is 1.92. The molecule has 1 fully saturated rings. The Bertz CT molecular complexity index is 953. The van der Waals surface area contributed by atoms with Crippen LogP contribution >= 0.6 is 0 Å². The number of aliphatic hydroxyl groups is 4. The van der Waals surface area contributed by atoms with Crippen LogP contribution in [0.1, 0.15) is 45.6 Å². The number of aliphatic hydroxyl groups excluding tert-OH is 4. The monoisotopic (exact) mass is 496 g/mol. The Labute approximate surface area is 204 Å². The molecular formula is C25H36O10. The number of carbonyl (C=O) groups excluding carboxylic acids is 1. The molecule has 0 bridgehead atoms. The summed E-state index contributed by atoms with van der Waals surface area (Å²) in [6.45, 7) is 6.02. The second-order valence-corrected chi connectivity index (χ2v) is 9.04. The summed E-state index contributed by atoms with van der Waals surface area (Å²) in [5, 5.41) is 41.1. The van der Waals surface area contributed by atoms with E-state index in [1.54, 1.807) is 19.1 Å². The molecule has 2 aromatic rings. The van der Waals surface area contributed by atoms with Crippen LogP contribution < -0.4 is 9.47 Å². The van der Waals surface area contributed by atoms with Crippen LogP contribution in [-0.4, -0.2) is 76.9 Å². The van der Waals surface area contributed by atoms with Gasteiger partial charge in [0.05, 0.1) is 26.1 Å². The van der Waals surface area contributed by atoms with Crippen LogP contribution in [0.3, 0.4) is 0 Å². The van der Waals surface area contributed by atoms with Gasteiger partial charge < -0.3 is 43.8 Å². The van der Waals surface area contributed by atoms with Gasteiger partial charge in [-0.2, -0.15) is 0 Å². The number of furan rings is 1. The third-order valence-corrected chi connectivity index (χ3v) is 5.89. The maximum atomic E-state index is 12.0. The van der Waals surface area contributed by atoms with E-state index in [-0.39, 0.29) is 36.9 Å². The van der Waals surface area contributed by atoms with Gasteiger partial charge in [-0.25, -0.2) is 0 Å². The number of ether oxygens (including phenoxy) is 4. The highest BCUT2D eigenvalue weighted by Gasteiger charge is 2.45. The fourth-order valence-electron chi connectivity index (χ4n) is 3.98. The number of benzene rings is 1. The number of carbonyl (C=O) groups is 1. The quantitative estimate of drug-likeness (QED) is 0.254. The SMILES string of the molecule is CCOC(=O)CCc1cc2ccoc2c(OCCCC(C)C)c1O[C@@H]1O[C@H](CO)[C@@H](O)[C@H](O)[C@H]1O. The van der Waals surface area contributed by atoms with Crippen molar-refractivity contribution in [1.82, 2.24) is 0 Å². The van der Waals surface area contributed by atoms with Crippen LogP contribution in [0.5, 0.6) is 11.5 Å². The van der Waals surface area contributed by atoms with E-state index in [1.165, 1.54) is 6.26 Å². The Morgan fingerprint density at radius 2 is 1.91 bits per heavy atom. The normalized spacial score (nSPS) is 24.6. The van der Waals surface area contributed by atoms with Gasteiger partial charge in [0.2, 0.25) is 12.0 Å². The van der Waals surface area contributed by atoms with Gasteiger partial charge in [0.25, 0.3) is 0 Å². The van der Waals surface area contributed by atoms with Crippen LogP contribution in [0.15, 0.2) is 22.8 Å². The summed E-state index contributed by atoms with van der Waals surface area (Å²) >= 11 is 0. The molecule has 10 nitrogen and oxygen atoms in total. The molecule has 196 valence electrons. The van der Waals surface area contributed by atoms with E-state index in [0.717, 1.165) is 18.2 Å². The highest BCUT2D eigenvalue weighted by Crippen LogP contribution is 2.42. The van der Waals surface area contributed by atoms with Crippen molar-refractivity contribution in [3.8, 4) is 11.5 Å². The van der Waals surface area contributed by atoms with Crippen molar-refractivity contribution >= 4 is 16.9 Å². The molecule has 10 heteroatoms. The number of fused-ring (bicyclic) bond motifs is 1. The molecule has 0 aliphatic carbocycles. The van der Waals surface area contributed by atoms with Crippen LogP contribution in [0, 0.1) is 5.92 Å². The summed E-state index contributed by atoms with van der Waals surface area (Å²) in [4.78, 5) is 12.0. The number of hydrogen-bond acceptors (Lipinski definition) is 10. The fraction of sp³-hybridized carbons (Fsp3) is 0.640. The van der Waals surface area contributed by atoms with E-state index < -0.39 is 37.3 Å². The lowest BCUT2D eigenvalue weighted by molar-refractivity contribution is -0.277. The molecule has 0 unspecified atom stereocenters. The van der Waals surface area contributed by atoms with Crippen LogP contribution in [0.2, 0.25) is 0 Å². The van der Waals surface area contributed by atoms with E-state index in [4.69, 9.17) is 23.4 Å². The molecule has 35 heavy (non-hydrogen) atoms. The average Bonchev–Trinajstić information content (AvgIpc) is 3.30. The Morgan fingerprint density at radius 3 is 2.60 bits per heavy atom. The molecule has 4 N–H and O–H groups in total. The second kappa shape index (κ2) is 12.5. The van der Waals surface area contributed by atoms with Crippen molar-refractivity contribution in [3.63, 3.8) is 0 Å². The fourth-order valence-corrected chi connectivity index (χ4v) is 3.98. The Kier molecular flexibility index (Phi) is 9.76. The lowest BCUT2D eigenvalue weighted by atomic mass is 9.99. The van der Waals surface area contributed by atoms with Crippen molar-refractivity contribution in [2.75, 3.05) is 19.8 Å². The molecule has 1 aromatic heterocycles. The molecule has 5 atom stereocenters. The van der Waals surface area contributed by atoms with Crippen molar-refractivity contribution in [2.45, 2.75) is 77.2 Å². The third kappa shape index (κ3) is 6.65. The van der Waals surface area contributed by atoms with Crippen molar-refractivity contribution in [1.29, 1.82) is 0 Å². The Balaban J connectivity index is 1.96. The molecule has 3 rings (SSSR count). The first-order valence-corrected chi connectivity index (χ1v) is 12.0. The van der Waals surface area contributed by atoms with E-state index in [1.807, 2.05) is 0 Å². The molecular weight excluding hydrogens is 460 g/mol. The topological polar surface area (TPSA) is 148 Å². The number of rotatable bonds is 12. The summed E-state index contributed by atoms with van der Waals surface area (Å²) in [6, 6.07) is 3.56. The lowest BCUT2D eigenvalue weighted by Crippen LogP contribution is -2.60. The highest BCUT2D eigenvalue weighted by atomic mass is 16.7.